The average molecular weight is 392 g/mol. The van der Waals surface area contributed by atoms with Gasteiger partial charge in [0.25, 0.3) is 0 Å². The number of aliphatic carboxylic acids is 2. The van der Waals surface area contributed by atoms with Gasteiger partial charge in [0.1, 0.15) is 0 Å². The summed E-state index contributed by atoms with van der Waals surface area (Å²) in [4.78, 5) is 19.1. The summed E-state index contributed by atoms with van der Waals surface area (Å²) in [5.74, 6) is -2.76. The molecule has 25 heavy (non-hydrogen) atoms. The molecule has 0 atom stereocenters. The van der Waals surface area contributed by atoms with E-state index in [-0.39, 0.29) is 35.3 Å². The average Bonchev–Trinajstić information content (AvgIpc) is 2.45. The minimum atomic E-state index is -3.92. The molecular weight excluding hydrogens is 363 g/mol. The van der Waals surface area contributed by atoms with Crippen LogP contribution in [0, 0.1) is 0 Å². The van der Waals surface area contributed by atoms with E-state index in [0.717, 1.165) is 13.2 Å². The summed E-state index contributed by atoms with van der Waals surface area (Å²) in [7, 11) is -3.92. The van der Waals surface area contributed by atoms with E-state index in [2.05, 4.69) is 13.8 Å². The maximum Gasteiger partial charge on any atom is 1.00 e. The van der Waals surface area contributed by atoms with Crippen LogP contribution in [0.4, 0.5) is 0 Å². The maximum atomic E-state index is 9.68. The molecule has 0 amide bonds. The van der Waals surface area contributed by atoms with Gasteiger partial charge >= 0.3 is 41.5 Å². The maximum absolute atomic E-state index is 9.68. The molecule has 0 aliphatic heterocycles. The summed E-state index contributed by atoms with van der Waals surface area (Å²) in [6, 6.07) is 0. The Morgan fingerprint density at radius 1 is 0.920 bits per heavy atom. The number of carboxylic acid groups (broad SMARTS) is 2. The van der Waals surface area contributed by atoms with Crippen molar-refractivity contribution in [3.63, 3.8) is 0 Å². The van der Waals surface area contributed by atoms with Gasteiger partial charge in [0.2, 0.25) is 0 Å². The Labute approximate surface area is 172 Å². The topological polar surface area (TPSA) is 141 Å². The van der Waals surface area contributed by atoms with Gasteiger partial charge in [0.15, 0.2) is 0 Å². The molecule has 0 unspecified atom stereocenters. The van der Waals surface area contributed by atoms with Crippen LogP contribution in [-0.4, -0.2) is 54.1 Å². The van der Waals surface area contributed by atoms with Crippen molar-refractivity contribution in [2.45, 2.75) is 52.9 Å². The fourth-order valence-corrected chi connectivity index (χ4v) is 1.49. The van der Waals surface area contributed by atoms with Crippen LogP contribution in [0.2, 0.25) is 0 Å². The molecule has 144 valence electrons. The second-order valence-corrected chi connectivity index (χ2v) is 6.11. The van der Waals surface area contributed by atoms with Crippen LogP contribution in [0.5, 0.6) is 0 Å². The van der Waals surface area contributed by atoms with Gasteiger partial charge in [-0.15, -0.1) is 0 Å². The SMILES string of the molecule is CCCCOCCCC.CCCS(=O)(=O)[O-].O=C(O)/C=C\C(=O)O.[Na+]. The zero-order chi connectivity index (χ0) is 19.4. The molecule has 0 aliphatic carbocycles. The first-order valence-corrected chi connectivity index (χ1v) is 9.33. The number of ether oxygens (including phenoxy) is 1. The molecule has 8 nitrogen and oxygen atoms in total. The normalized spacial score (nSPS) is 9.92. The molecule has 0 bridgehead atoms. The van der Waals surface area contributed by atoms with Crippen LogP contribution in [0.25, 0.3) is 0 Å². The second kappa shape index (κ2) is 23.5. The van der Waals surface area contributed by atoms with E-state index in [1.807, 2.05) is 0 Å². The van der Waals surface area contributed by atoms with Gasteiger partial charge in [-0.2, -0.15) is 0 Å². The summed E-state index contributed by atoms with van der Waals surface area (Å²) in [5, 5.41) is 15.6. The third-order valence-electron chi connectivity index (χ3n) is 2.11. The Kier molecular flexibility index (Phi) is 30.4. The summed E-state index contributed by atoms with van der Waals surface area (Å²) >= 11 is 0. The van der Waals surface area contributed by atoms with Gasteiger partial charge in [-0.1, -0.05) is 33.6 Å². The first-order valence-electron chi connectivity index (χ1n) is 7.75. The molecule has 0 saturated heterocycles. The van der Waals surface area contributed by atoms with Crippen molar-refractivity contribution in [3.05, 3.63) is 12.2 Å². The second-order valence-electron chi connectivity index (χ2n) is 4.59. The van der Waals surface area contributed by atoms with Crippen LogP contribution in [0.15, 0.2) is 12.2 Å². The van der Waals surface area contributed by atoms with Gasteiger partial charge in [-0.3, -0.25) is 0 Å². The number of hydrogen-bond acceptors (Lipinski definition) is 6. The molecule has 2 N–H and O–H groups in total. The number of carbonyl (C=O) groups is 2. The Hall–Kier alpha value is -0.450. The van der Waals surface area contributed by atoms with Gasteiger partial charge in [-0.25, -0.2) is 18.0 Å². The van der Waals surface area contributed by atoms with Gasteiger partial charge in [0, 0.05) is 31.1 Å². The fraction of sp³-hybridized carbons (Fsp3) is 0.733. The third kappa shape index (κ3) is 51.7. The summed E-state index contributed by atoms with van der Waals surface area (Å²) in [5.41, 5.74) is 0. The van der Waals surface area contributed by atoms with Gasteiger partial charge in [-0.05, 0) is 19.3 Å². The molecule has 0 fully saturated rings. The molecule has 0 radical (unpaired) electrons. The minimum Gasteiger partial charge on any atom is -0.748 e. The zero-order valence-electron chi connectivity index (χ0n) is 15.6. The number of carboxylic acids is 2. The van der Waals surface area contributed by atoms with Crippen LogP contribution in [-0.2, 0) is 24.4 Å². The third-order valence-corrected chi connectivity index (χ3v) is 3.02. The van der Waals surface area contributed by atoms with Gasteiger partial charge in [0.05, 0.1) is 10.1 Å². The molecule has 0 aliphatic rings. The number of rotatable bonds is 10. The molecule has 0 heterocycles. The standard InChI is InChI=1S/C8H18O.C4H4O4.C3H8O3S.Na/c1-3-5-7-9-8-6-4-2;5-3(6)1-2-4(7)8;1-2-3-7(4,5)6;/h3-8H2,1-2H3;1-2H,(H,5,6)(H,7,8);2-3H2,1H3,(H,4,5,6);/q;;;+1/p-1/b;2-1-;;. The van der Waals surface area contributed by atoms with Gasteiger partial charge < -0.3 is 19.5 Å². The van der Waals surface area contributed by atoms with E-state index in [9.17, 15) is 22.6 Å². The van der Waals surface area contributed by atoms with E-state index < -0.39 is 22.1 Å². The van der Waals surface area contributed by atoms with Crippen molar-refractivity contribution in [1.82, 2.24) is 0 Å². The van der Waals surface area contributed by atoms with Crippen molar-refractivity contribution >= 4 is 22.1 Å². The molecule has 10 heteroatoms. The van der Waals surface area contributed by atoms with E-state index in [1.54, 1.807) is 6.92 Å². The molecule has 0 saturated carbocycles. The quantitative estimate of drug-likeness (QED) is 0.214. The zero-order valence-corrected chi connectivity index (χ0v) is 18.4. The van der Waals surface area contributed by atoms with Crippen molar-refractivity contribution in [1.29, 1.82) is 0 Å². The Balaban J connectivity index is -0.000000131. The molecule has 0 aromatic carbocycles. The summed E-state index contributed by atoms with van der Waals surface area (Å²) < 4.78 is 34.3. The summed E-state index contributed by atoms with van der Waals surface area (Å²) in [6.07, 6.45) is 6.43. The van der Waals surface area contributed by atoms with E-state index in [4.69, 9.17) is 14.9 Å². The predicted octanol–water partition coefficient (Wildman–Crippen LogP) is -0.739. The number of hydrogen-bond donors (Lipinski definition) is 2. The monoisotopic (exact) mass is 392 g/mol. The van der Waals surface area contributed by atoms with Crippen molar-refractivity contribution in [2.75, 3.05) is 19.0 Å². The van der Waals surface area contributed by atoms with Crippen LogP contribution < -0.4 is 29.6 Å². The van der Waals surface area contributed by atoms with Crippen LogP contribution >= 0.6 is 0 Å². The van der Waals surface area contributed by atoms with Crippen molar-refractivity contribution < 1.29 is 67.1 Å². The number of unbranched alkanes of at least 4 members (excludes halogenated alkanes) is 2. The van der Waals surface area contributed by atoms with Crippen LogP contribution in [0.3, 0.4) is 0 Å². The predicted molar refractivity (Wildman–Crippen MR) is 89.9 cm³/mol. The van der Waals surface area contributed by atoms with Crippen molar-refractivity contribution in [3.8, 4) is 0 Å². The molecular formula is C15H29NaO8S. The largest absolute Gasteiger partial charge is 1.00 e. The molecule has 0 spiro atoms. The van der Waals surface area contributed by atoms with Crippen molar-refractivity contribution in [2.24, 2.45) is 0 Å². The smallest absolute Gasteiger partial charge is 0.748 e. The Bertz CT molecular complexity index is 413. The molecule has 0 rings (SSSR count). The Morgan fingerprint density at radius 3 is 1.44 bits per heavy atom. The van der Waals surface area contributed by atoms with E-state index >= 15 is 0 Å². The summed E-state index contributed by atoms with van der Waals surface area (Å²) in [6.45, 7) is 7.93. The molecule has 0 aromatic heterocycles. The van der Waals surface area contributed by atoms with Crippen LogP contribution in [0.1, 0.15) is 52.9 Å². The first kappa shape index (κ1) is 32.2. The minimum absolute atomic E-state index is 0. The Morgan fingerprint density at radius 2 is 1.28 bits per heavy atom. The first-order chi connectivity index (χ1) is 11.1. The van der Waals surface area contributed by atoms with E-state index in [1.165, 1.54) is 25.7 Å². The molecule has 0 aromatic rings. The fourth-order valence-electron chi connectivity index (χ4n) is 0.987. The van der Waals surface area contributed by atoms with E-state index in [0.29, 0.717) is 18.6 Å².